The van der Waals surface area contributed by atoms with Crippen LogP contribution in [0.1, 0.15) is 11.7 Å². The highest BCUT2D eigenvalue weighted by atomic mass is 127. The molecule has 3 rings (SSSR count). The zero-order valence-corrected chi connectivity index (χ0v) is 17.1. The Morgan fingerprint density at radius 3 is 2.35 bits per heavy atom. The molecule has 0 radical (unpaired) electrons. The minimum atomic E-state index is -3.82. The lowest BCUT2D eigenvalue weighted by molar-refractivity contribution is 0.559. The number of sulfonamides is 1. The van der Waals surface area contributed by atoms with Crippen LogP contribution in [-0.4, -0.2) is 18.0 Å². The van der Waals surface area contributed by atoms with Gasteiger partial charge in [-0.15, -0.1) is 0 Å². The Balaban J connectivity index is 2.21. The monoisotopic (exact) mass is 479 g/mol. The van der Waals surface area contributed by atoms with E-state index in [4.69, 9.17) is 0 Å². The van der Waals surface area contributed by atoms with Crippen LogP contribution in [0.5, 0.6) is 0 Å². The molecular weight excluding hydrogens is 461 g/mol. The van der Waals surface area contributed by atoms with Crippen molar-refractivity contribution in [2.24, 2.45) is 0 Å². The van der Waals surface area contributed by atoms with Crippen molar-refractivity contribution in [1.29, 1.82) is 0 Å². The van der Waals surface area contributed by atoms with E-state index in [0.717, 1.165) is 5.56 Å². The number of anilines is 1. The van der Waals surface area contributed by atoms with Gasteiger partial charge >= 0.3 is 0 Å². The van der Waals surface area contributed by atoms with E-state index in [9.17, 15) is 8.42 Å². The Kier molecular flexibility index (Phi) is 5.47. The summed E-state index contributed by atoms with van der Waals surface area (Å²) in [6.07, 6.45) is 4.31. The summed E-state index contributed by atoms with van der Waals surface area (Å²) in [6.45, 7) is 5.93. The zero-order chi connectivity index (χ0) is 18.7. The first-order chi connectivity index (χ1) is 12.4. The van der Waals surface area contributed by atoms with E-state index in [1.807, 2.05) is 25.1 Å². The average Bonchev–Trinajstić information content (AvgIpc) is 3.14. The highest BCUT2D eigenvalue weighted by Gasteiger charge is 2.33. The van der Waals surface area contributed by atoms with Gasteiger partial charge in [-0.1, -0.05) is 42.5 Å². The Labute approximate surface area is 167 Å². The first kappa shape index (κ1) is 18.7. The topological polar surface area (TPSA) is 55.2 Å². The van der Waals surface area contributed by atoms with Crippen LogP contribution in [-0.2, 0) is 10.0 Å². The summed E-state index contributed by atoms with van der Waals surface area (Å²) < 4.78 is 30.8. The van der Waals surface area contributed by atoms with E-state index >= 15 is 0 Å². The van der Waals surface area contributed by atoms with Crippen LogP contribution >= 0.6 is 22.6 Å². The smallest absolute Gasteiger partial charge is 0.266 e. The van der Waals surface area contributed by atoms with Gasteiger partial charge in [0.1, 0.15) is 0 Å². The molecule has 0 aliphatic rings. The maximum Gasteiger partial charge on any atom is 0.266 e. The van der Waals surface area contributed by atoms with Gasteiger partial charge in [0, 0.05) is 16.0 Å². The zero-order valence-electron chi connectivity index (χ0n) is 14.2. The molecule has 26 heavy (non-hydrogen) atoms. The van der Waals surface area contributed by atoms with Crippen molar-refractivity contribution in [3.63, 3.8) is 0 Å². The van der Waals surface area contributed by atoms with Gasteiger partial charge in [-0.25, -0.2) is 17.7 Å². The van der Waals surface area contributed by atoms with E-state index in [-0.39, 0.29) is 4.90 Å². The molecule has 7 heteroatoms. The largest absolute Gasteiger partial charge is 0.311 e. The summed E-state index contributed by atoms with van der Waals surface area (Å²) in [6, 6.07) is 15.9. The van der Waals surface area contributed by atoms with Gasteiger partial charge in [-0.2, -0.15) is 0 Å². The SMILES string of the molecule is C=C(I)[C@H](N(c1ccccc1)S(=O)(=O)c1ccc(C)cc1)n1ccnc1. The van der Waals surface area contributed by atoms with Gasteiger partial charge < -0.3 is 4.57 Å². The lowest BCUT2D eigenvalue weighted by Crippen LogP contribution is -2.37. The van der Waals surface area contributed by atoms with Gasteiger partial charge in [0.25, 0.3) is 10.0 Å². The molecule has 1 atom stereocenters. The number of hydrogen-bond acceptors (Lipinski definition) is 3. The predicted octanol–water partition coefficient (Wildman–Crippen LogP) is 4.53. The first-order valence-electron chi connectivity index (χ1n) is 7.89. The van der Waals surface area contributed by atoms with E-state index < -0.39 is 16.2 Å². The fraction of sp³-hybridized carbons (Fsp3) is 0.105. The van der Waals surface area contributed by atoms with Crippen LogP contribution < -0.4 is 4.31 Å². The second-order valence-corrected chi connectivity index (χ2v) is 8.98. The fourth-order valence-electron chi connectivity index (χ4n) is 2.63. The molecule has 0 fully saturated rings. The molecule has 2 aromatic carbocycles. The maximum atomic E-state index is 13.5. The third-order valence-electron chi connectivity index (χ3n) is 3.90. The number of halogens is 1. The van der Waals surface area contributed by atoms with Gasteiger partial charge in [-0.05, 0) is 53.8 Å². The summed E-state index contributed by atoms with van der Waals surface area (Å²) in [5.41, 5.74) is 1.56. The molecule has 0 bridgehead atoms. The van der Waals surface area contributed by atoms with Crippen molar-refractivity contribution in [1.82, 2.24) is 9.55 Å². The molecule has 0 aliphatic carbocycles. The van der Waals surface area contributed by atoms with Crippen molar-refractivity contribution in [2.75, 3.05) is 4.31 Å². The van der Waals surface area contributed by atoms with Crippen LogP contribution in [0.15, 0.2) is 88.4 Å². The summed E-state index contributed by atoms with van der Waals surface area (Å²) in [7, 11) is -3.82. The summed E-state index contributed by atoms with van der Waals surface area (Å²) in [5.74, 6) is 0. The third-order valence-corrected chi connectivity index (χ3v) is 6.25. The van der Waals surface area contributed by atoms with Crippen molar-refractivity contribution < 1.29 is 8.42 Å². The molecule has 0 N–H and O–H groups in total. The Hall–Kier alpha value is -2.13. The third kappa shape index (κ3) is 3.68. The van der Waals surface area contributed by atoms with Crippen molar-refractivity contribution in [3.05, 3.63) is 89.0 Å². The number of imidazole rings is 1. The molecule has 0 amide bonds. The molecule has 1 aromatic heterocycles. The van der Waals surface area contributed by atoms with E-state index in [2.05, 4.69) is 34.2 Å². The second-order valence-electron chi connectivity index (χ2n) is 5.78. The number of hydrogen-bond donors (Lipinski definition) is 0. The molecule has 5 nitrogen and oxygen atoms in total. The van der Waals surface area contributed by atoms with Crippen LogP contribution in [0.3, 0.4) is 0 Å². The highest BCUT2D eigenvalue weighted by Crippen LogP contribution is 2.36. The van der Waals surface area contributed by atoms with Crippen LogP contribution in [0.4, 0.5) is 5.69 Å². The summed E-state index contributed by atoms with van der Waals surface area (Å²) in [4.78, 5) is 4.30. The molecule has 0 saturated carbocycles. The van der Waals surface area contributed by atoms with Crippen LogP contribution in [0, 0.1) is 6.92 Å². The molecule has 0 saturated heterocycles. The normalized spacial score (nSPS) is 12.5. The summed E-state index contributed by atoms with van der Waals surface area (Å²) in [5, 5.41) is 0. The molecule has 0 unspecified atom stereocenters. The quantitative estimate of drug-likeness (QED) is 0.488. The lowest BCUT2D eigenvalue weighted by atomic mass is 10.2. The number of para-hydroxylation sites is 1. The number of rotatable bonds is 6. The second kappa shape index (κ2) is 7.63. The van der Waals surface area contributed by atoms with Crippen molar-refractivity contribution in [3.8, 4) is 0 Å². The van der Waals surface area contributed by atoms with Gasteiger partial charge in [0.2, 0.25) is 0 Å². The Bertz CT molecular complexity index is 985. The molecular formula is C19H18IN3O2S. The van der Waals surface area contributed by atoms with Gasteiger partial charge in [0.15, 0.2) is 6.17 Å². The number of nitrogens with zero attached hydrogens (tertiary/aromatic N) is 3. The standard InChI is InChI=1S/C19H18IN3O2S/c1-15-8-10-18(11-9-15)26(24,25)23(17-6-4-3-5-7-17)19(16(2)20)22-13-12-21-14-22/h3-14,19H,2H2,1H3/t19-/m0/s1. The average molecular weight is 479 g/mol. The van der Waals surface area contributed by atoms with Crippen molar-refractivity contribution >= 4 is 38.3 Å². The van der Waals surface area contributed by atoms with E-state index in [1.54, 1.807) is 59.7 Å². The minimum absolute atomic E-state index is 0.231. The van der Waals surface area contributed by atoms with E-state index in [1.165, 1.54) is 4.31 Å². The predicted molar refractivity (Wildman–Crippen MR) is 112 cm³/mol. The van der Waals surface area contributed by atoms with E-state index in [0.29, 0.717) is 9.27 Å². The highest BCUT2D eigenvalue weighted by molar-refractivity contribution is 14.1. The number of aromatic nitrogens is 2. The number of benzene rings is 2. The van der Waals surface area contributed by atoms with Crippen molar-refractivity contribution in [2.45, 2.75) is 18.0 Å². The molecule has 3 aromatic rings. The van der Waals surface area contributed by atoms with Gasteiger partial charge in [-0.3, -0.25) is 0 Å². The minimum Gasteiger partial charge on any atom is -0.311 e. The fourth-order valence-corrected chi connectivity index (χ4v) is 5.03. The lowest BCUT2D eigenvalue weighted by Gasteiger charge is -2.33. The van der Waals surface area contributed by atoms with Gasteiger partial charge in [0.05, 0.1) is 16.9 Å². The van der Waals surface area contributed by atoms with Crippen LogP contribution in [0.25, 0.3) is 0 Å². The first-order valence-corrected chi connectivity index (χ1v) is 10.4. The van der Waals surface area contributed by atoms with Crippen LogP contribution in [0.2, 0.25) is 0 Å². The Morgan fingerprint density at radius 2 is 1.81 bits per heavy atom. The maximum absolute atomic E-state index is 13.5. The number of aryl methyl sites for hydroxylation is 1. The molecule has 134 valence electrons. The molecule has 0 spiro atoms. The summed E-state index contributed by atoms with van der Waals surface area (Å²) >= 11 is 2.06. The Morgan fingerprint density at radius 1 is 1.15 bits per heavy atom. The molecule has 0 aliphatic heterocycles. The molecule has 1 heterocycles.